The Bertz CT molecular complexity index is 728. The number of aliphatic hydroxyl groups excluding tert-OH is 2. The molecule has 0 unspecified atom stereocenters. The van der Waals surface area contributed by atoms with Crippen molar-refractivity contribution in [1.29, 1.82) is 0 Å². The van der Waals surface area contributed by atoms with Gasteiger partial charge in [0.25, 0.3) is 11.8 Å². The zero-order valence-corrected chi connectivity index (χ0v) is 13.6. The number of hydrogen-bond donors (Lipinski definition) is 3. The van der Waals surface area contributed by atoms with Crippen LogP contribution in [0.2, 0.25) is 0 Å². The maximum absolute atomic E-state index is 12.3. The molecule has 0 fully saturated rings. The maximum atomic E-state index is 12.3. The van der Waals surface area contributed by atoms with Gasteiger partial charge in [-0.2, -0.15) is 0 Å². The SMILES string of the molecule is O=C1c2ccccc2C(=O)N1C[C@H](O)CN[C@@H](CO)c1ccccc1. The van der Waals surface area contributed by atoms with Gasteiger partial charge in [-0.15, -0.1) is 0 Å². The van der Waals surface area contributed by atoms with Gasteiger partial charge in [0, 0.05) is 6.54 Å². The van der Waals surface area contributed by atoms with Crippen LogP contribution in [0, 0.1) is 0 Å². The van der Waals surface area contributed by atoms with Crippen LogP contribution in [-0.2, 0) is 0 Å². The lowest BCUT2D eigenvalue weighted by Gasteiger charge is -2.22. The van der Waals surface area contributed by atoms with Gasteiger partial charge in [-0.25, -0.2) is 0 Å². The van der Waals surface area contributed by atoms with E-state index in [1.807, 2.05) is 30.3 Å². The number of nitrogens with one attached hydrogen (secondary N) is 1. The van der Waals surface area contributed by atoms with Crippen molar-refractivity contribution >= 4 is 11.8 Å². The molecule has 6 heteroatoms. The van der Waals surface area contributed by atoms with Gasteiger partial charge >= 0.3 is 0 Å². The molecule has 2 aromatic carbocycles. The summed E-state index contributed by atoms with van der Waals surface area (Å²) in [5, 5.41) is 22.8. The molecule has 3 N–H and O–H groups in total. The van der Waals surface area contributed by atoms with Crippen molar-refractivity contribution in [3.05, 3.63) is 71.3 Å². The van der Waals surface area contributed by atoms with E-state index < -0.39 is 6.10 Å². The van der Waals surface area contributed by atoms with E-state index in [-0.39, 0.29) is 37.6 Å². The molecule has 2 amide bonds. The fourth-order valence-corrected chi connectivity index (χ4v) is 2.93. The van der Waals surface area contributed by atoms with Crippen LogP contribution < -0.4 is 5.32 Å². The van der Waals surface area contributed by atoms with Gasteiger partial charge in [-0.1, -0.05) is 42.5 Å². The molecule has 0 bridgehead atoms. The lowest BCUT2D eigenvalue weighted by Crippen LogP contribution is -2.42. The summed E-state index contributed by atoms with van der Waals surface area (Å²) in [5.74, 6) is -0.775. The lowest BCUT2D eigenvalue weighted by atomic mass is 10.1. The summed E-state index contributed by atoms with van der Waals surface area (Å²) in [4.78, 5) is 25.6. The van der Waals surface area contributed by atoms with Crippen LogP contribution in [0.4, 0.5) is 0 Å². The van der Waals surface area contributed by atoms with E-state index >= 15 is 0 Å². The number of fused-ring (bicyclic) bond motifs is 1. The Morgan fingerprint density at radius 1 is 0.920 bits per heavy atom. The third-order valence-corrected chi connectivity index (χ3v) is 4.26. The van der Waals surface area contributed by atoms with E-state index in [1.165, 1.54) is 0 Å². The first-order valence-corrected chi connectivity index (χ1v) is 8.14. The van der Waals surface area contributed by atoms with Crippen LogP contribution >= 0.6 is 0 Å². The molecule has 2 atom stereocenters. The van der Waals surface area contributed by atoms with Crippen LogP contribution in [0.25, 0.3) is 0 Å². The number of rotatable bonds is 7. The van der Waals surface area contributed by atoms with Crippen LogP contribution in [0.15, 0.2) is 54.6 Å². The standard InChI is InChI=1S/C19H20N2O4/c22-12-17(13-6-2-1-3-7-13)20-10-14(23)11-21-18(24)15-8-4-5-9-16(15)19(21)25/h1-9,14,17,20,22-23H,10-12H2/t14-,17+/m1/s1. The Hall–Kier alpha value is -2.54. The number of imide groups is 1. The summed E-state index contributed by atoms with van der Waals surface area (Å²) in [7, 11) is 0. The number of β-amino-alcohol motifs (C(OH)–C–C–N with tert-alkyl or cyclic N) is 1. The average Bonchev–Trinajstić information content (AvgIpc) is 2.88. The van der Waals surface area contributed by atoms with E-state index in [1.54, 1.807) is 24.3 Å². The van der Waals surface area contributed by atoms with Crippen LogP contribution in [0.1, 0.15) is 32.3 Å². The minimum atomic E-state index is -0.931. The minimum Gasteiger partial charge on any atom is -0.394 e. The van der Waals surface area contributed by atoms with E-state index in [0.717, 1.165) is 10.5 Å². The molecule has 1 aliphatic rings. The van der Waals surface area contributed by atoms with Crippen molar-refractivity contribution in [1.82, 2.24) is 10.2 Å². The predicted octanol–water partition coefficient (Wildman–Crippen LogP) is 0.967. The van der Waals surface area contributed by atoms with Crippen molar-refractivity contribution in [3.8, 4) is 0 Å². The summed E-state index contributed by atoms with van der Waals surface area (Å²) in [6.45, 7) is -0.0659. The fraction of sp³-hybridized carbons (Fsp3) is 0.263. The number of benzene rings is 2. The smallest absolute Gasteiger partial charge is 0.261 e. The van der Waals surface area contributed by atoms with Gasteiger partial charge in [0.2, 0.25) is 0 Å². The Kier molecular flexibility index (Phi) is 5.23. The summed E-state index contributed by atoms with van der Waals surface area (Å²) < 4.78 is 0. The summed E-state index contributed by atoms with van der Waals surface area (Å²) in [6, 6.07) is 15.7. The van der Waals surface area contributed by atoms with Gasteiger partial charge in [0.1, 0.15) is 0 Å². The molecule has 25 heavy (non-hydrogen) atoms. The lowest BCUT2D eigenvalue weighted by molar-refractivity contribution is 0.0536. The molecule has 0 radical (unpaired) electrons. The van der Waals surface area contributed by atoms with E-state index in [0.29, 0.717) is 11.1 Å². The van der Waals surface area contributed by atoms with Crippen molar-refractivity contribution in [3.63, 3.8) is 0 Å². The zero-order valence-electron chi connectivity index (χ0n) is 13.6. The average molecular weight is 340 g/mol. The first kappa shape index (κ1) is 17.3. The minimum absolute atomic E-state index is 0.0910. The molecule has 0 aliphatic carbocycles. The predicted molar refractivity (Wildman–Crippen MR) is 92.1 cm³/mol. The monoisotopic (exact) mass is 340 g/mol. The summed E-state index contributed by atoms with van der Waals surface area (Å²) in [5.41, 5.74) is 1.63. The zero-order chi connectivity index (χ0) is 17.8. The molecular formula is C19H20N2O4. The topological polar surface area (TPSA) is 89.9 Å². The normalized spacial score (nSPS) is 16.0. The third kappa shape index (κ3) is 3.61. The van der Waals surface area contributed by atoms with E-state index in [4.69, 9.17) is 0 Å². The molecule has 6 nitrogen and oxygen atoms in total. The molecule has 0 saturated carbocycles. The van der Waals surface area contributed by atoms with E-state index in [9.17, 15) is 19.8 Å². The molecule has 130 valence electrons. The number of carbonyl (C=O) groups is 2. The number of aliphatic hydroxyl groups is 2. The van der Waals surface area contributed by atoms with Crippen molar-refractivity contribution < 1.29 is 19.8 Å². The second-order valence-corrected chi connectivity index (χ2v) is 5.97. The van der Waals surface area contributed by atoms with Crippen molar-refractivity contribution in [2.45, 2.75) is 12.1 Å². The Labute approximate surface area is 145 Å². The van der Waals surface area contributed by atoms with Crippen molar-refractivity contribution in [2.75, 3.05) is 19.7 Å². The van der Waals surface area contributed by atoms with Crippen LogP contribution in [0.3, 0.4) is 0 Å². The molecule has 3 rings (SSSR count). The van der Waals surface area contributed by atoms with Crippen molar-refractivity contribution in [2.24, 2.45) is 0 Å². The molecule has 1 aliphatic heterocycles. The quantitative estimate of drug-likeness (QED) is 0.654. The molecule has 0 saturated heterocycles. The van der Waals surface area contributed by atoms with E-state index in [2.05, 4.69) is 5.32 Å². The van der Waals surface area contributed by atoms with Gasteiger partial charge in [-0.05, 0) is 17.7 Å². The highest BCUT2D eigenvalue weighted by Gasteiger charge is 2.36. The highest BCUT2D eigenvalue weighted by molar-refractivity contribution is 6.21. The number of amides is 2. The maximum Gasteiger partial charge on any atom is 0.261 e. The molecule has 0 spiro atoms. The third-order valence-electron chi connectivity index (χ3n) is 4.26. The highest BCUT2D eigenvalue weighted by Crippen LogP contribution is 2.22. The Morgan fingerprint density at radius 2 is 1.48 bits per heavy atom. The number of hydrogen-bond acceptors (Lipinski definition) is 5. The molecule has 1 heterocycles. The molecular weight excluding hydrogens is 320 g/mol. The summed E-state index contributed by atoms with van der Waals surface area (Å²) >= 11 is 0. The Morgan fingerprint density at radius 3 is 2.04 bits per heavy atom. The van der Waals surface area contributed by atoms with Gasteiger partial charge < -0.3 is 15.5 Å². The van der Waals surface area contributed by atoms with Crippen LogP contribution in [-0.4, -0.2) is 52.7 Å². The number of nitrogens with zero attached hydrogens (tertiary/aromatic N) is 1. The van der Waals surface area contributed by atoms with Gasteiger partial charge in [0.05, 0.1) is 36.4 Å². The second-order valence-electron chi connectivity index (χ2n) is 5.97. The summed E-state index contributed by atoms with van der Waals surface area (Å²) in [6.07, 6.45) is -0.931. The van der Waals surface area contributed by atoms with Gasteiger partial charge in [0.15, 0.2) is 0 Å². The molecule has 2 aromatic rings. The molecule has 0 aromatic heterocycles. The fourth-order valence-electron chi connectivity index (χ4n) is 2.93. The first-order chi connectivity index (χ1) is 12.1. The number of carbonyl (C=O) groups excluding carboxylic acids is 2. The highest BCUT2D eigenvalue weighted by atomic mass is 16.3. The first-order valence-electron chi connectivity index (χ1n) is 8.14. The second kappa shape index (κ2) is 7.57. The Balaban J connectivity index is 1.59. The largest absolute Gasteiger partial charge is 0.394 e. The van der Waals surface area contributed by atoms with Gasteiger partial charge in [-0.3, -0.25) is 14.5 Å². The van der Waals surface area contributed by atoms with Crippen LogP contribution in [0.5, 0.6) is 0 Å².